The Morgan fingerprint density at radius 2 is 2.00 bits per heavy atom. The Labute approximate surface area is 94.6 Å². The highest BCUT2D eigenvalue weighted by Gasteiger charge is 2.05. The van der Waals surface area contributed by atoms with Gasteiger partial charge in [-0.1, -0.05) is 29.5 Å². The van der Waals surface area contributed by atoms with Gasteiger partial charge in [-0.2, -0.15) is 0 Å². The van der Waals surface area contributed by atoms with E-state index in [1.807, 2.05) is 0 Å². The second-order valence-electron chi connectivity index (χ2n) is 3.03. The maximum absolute atomic E-state index is 4.32. The number of nitrogens with zero attached hydrogens (tertiary/aromatic N) is 1. The summed E-state index contributed by atoms with van der Waals surface area (Å²) in [6.45, 7) is 3.03. The summed E-state index contributed by atoms with van der Waals surface area (Å²) in [6, 6.07) is 8.36. The highest BCUT2D eigenvalue weighted by molar-refractivity contribution is 8.14. The van der Waals surface area contributed by atoms with Gasteiger partial charge in [0.1, 0.15) is 0 Å². The molecule has 1 N–H and O–H groups in total. The molecule has 0 atom stereocenters. The van der Waals surface area contributed by atoms with Crippen LogP contribution in [0.15, 0.2) is 29.3 Å². The Bertz CT molecular complexity index is 321. The van der Waals surface area contributed by atoms with Crippen LogP contribution >= 0.6 is 24.2 Å². The predicted molar refractivity (Wildman–Crippen MR) is 66.8 cm³/mol. The van der Waals surface area contributed by atoms with Crippen molar-refractivity contribution >= 4 is 35.0 Å². The van der Waals surface area contributed by atoms with Crippen molar-refractivity contribution in [3.8, 4) is 0 Å². The van der Waals surface area contributed by atoms with Gasteiger partial charge in [0.25, 0.3) is 0 Å². The molecule has 1 aromatic carbocycles. The minimum Gasteiger partial charge on any atom is -0.335 e. The molecule has 0 saturated carbocycles. The molecule has 76 valence electrons. The van der Waals surface area contributed by atoms with Gasteiger partial charge in [0, 0.05) is 11.4 Å². The maximum Gasteiger partial charge on any atom is 0.161 e. The fourth-order valence-corrected chi connectivity index (χ4v) is 1.92. The fourth-order valence-electron chi connectivity index (χ4n) is 1.17. The molecule has 4 heteroatoms. The lowest BCUT2D eigenvalue weighted by molar-refractivity contribution is 1.17. The molecule has 1 aliphatic heterocycles. The van der Waals surface area contributed by atoms with Crippen LogP contribution in [0.5, 0.6) is 0 Å². The minimum absolute atomic E-state index is 0. The van der Waals surface area contributed by atoms with Crippen molar-refractivity contribution < 1.29 is 0 Å². The molecule has 1 aromatic rings. The molecule has 0 aliphatic carbocycles. The highest BCUT2D eigenvalue weighted by Crippen LogP contribution is 2.15. The normalized spacial score (nSPS) is 14.5. The molecule has 14 heavy (non-hydrogen) atoms. The summed E-state index contributed by atoms with van der Waals surface area (Å²) >= 11 is 1.78. The molecular formula is C10H13ClN2S. The molecular weight excluding hydrogens is 216 g/mol. The molecule has 0 unspecified atom stereocenters. The lowest BCUT2D eigenvalue weighted by Crippen LogP contribution is -2.04. The molecule has 0 spiro atoms. The largest absolute Gasteiger partial charge is 0.335 e. The van der Waals surface area contributed by atoms with Crippen LogP contribution in [0.2, 0.25) is 0 Å². The summed E-state index contributed by atoms with van der Waals surface area (Å²) in [5.74, 6) is 1.11. The zero-order valence-electron chi connectivity index (χ0n) is 7.99. The molecule has 2 rings (SSSR count). The van der Waals surface area contributed by atoms with Crippen LogP contribution in [0.25, 0.3) is 0 Å². The van der Waals surface area contributed by atoms with Crippen molar-refractivity contribution in [2.75, 3.05) is 17.6 Å². The van der Waals surface area contributed by atoms with Crippen molar-refractivity contribution in [3.05, 3.63) is 29.8 Å². The number of halogens is 1. The van der Waals surface area contributed by atoms with E-state index in [1.54, 1.807) is 11.8 Å². The van der Waals surface area contributed by atoms with Gasteiger partial charge in [-0.25, -0.2) is 0 Å². The van der Waals surface area contributed by atoms with Crippen molar-refractivity contribution in [3.63, 3.8) is 0 Å². The summed E-state index contributed by atoms with van der Waals surface area (Å²) in [7, 11) is 0. The standard InChI is InChI=1S/C10H12N2S.ClH/c1-8-2-4-9(5-3-8)12-10-11-6-7-13-10;/h2-5H,6-7H2,1H3,(H,11,12);1H. The number of aryl methyl sites for hydroxylation is 1. The Morgan fingerprint density at radius 3 is 2.57 bits per heavy atom. The Kier molecular flexibility index (Phi) is 4.29. The van der Waals surface area contributed by atoms with Gasteiger partial charge in [-0.3, -0.25) is 4.99 Å². The van der Waals surface area contributed by atoms with E-state index in [1.165, 1.54) is 5.56 Å². The molecule has 2 nitrogen and oxygen atoms in total. The van der Waals surface area contributed by atoms with Crippen LogP contribution < -0.4 is 5.32 Å². The molecule has 0 amide bonds. The van der Waals surface area contributed by atoms with Gasteiger partial charge in [0.15, 0.2) is 5.17 Å². The van der Waals surface area contributed by atoms with Crippen molar-refractivity contribution in [2.24, 2.45) is 4.99 Å². The first-order chi connectivity index (χ1) is 6.34. The Balaban J connectivity index is 0.000000980. The summed E-state index contributed by atoms with van der Waals surface area (Å²) in [6.07, 6.45) is 0. The van der Waals surface area contributed by atoms with E-state index >= 15 is 0 Å². The molecule has 0 radical (unpaired) electrons. The van der Waals surface area contributed by atoms with Crippen LogP contribution in [0.3, 0.4) is 0 Å². The fraction of sp³-hybridized carbons (Fsp3) is 0.300. The van der Waals surface area contributed by atoms with Crippen LogP contribution in [-0.4, -0.2) is 17.5 Å². The second-order valence-corrected chi connectivity index (χ2v) is 4.11. The molecule has 1 heterocycles. The van der Waals surface area contributed by atoms with Crippen LogP contribution in [0.4, 0.5) is 5.69 Å². The lowest BCUT2D eigenvalue weighted by Gasteiger charge is -2.04. The monoisotopic (exact) mass is 228 g/mol. The number of anilines is 1. The number of hydrogen-bond acceptors (Lipinski definition) is 3. The van der Waals surface area contributed by atoms with Crippen LogP contribution in [0.1, 0.15) is 5.56 Å². The second kappa shape index (κ2) is 5.27. The Morgan fingerprint density at radius 1 is 1.29 bits per heavy atom. The highest BCUT2D eigenvalue weighted by atomic mass is 35.5. The van der Waals surface area contributed by atoms with E-state index in [2.05, 4.69) is 41.5 Å². The first-order valence-electron chi connectivity index (χ1n) is 4.35. The molecule has 0 saturated heterocycles. The van der Waals surface area contributed by atoms with Gasteiger partial charge >= 0.3 is 0 Å². The number of amidine groups is 1. The van der Waals surface area contributed by atoms with Gasteiger partial charge < -0.3 is 5.32 Å². The third-order valence-corrected chi connectivity index (χ3v) is 2.78. The summed E-state index contributed by atoms with van der Waals surface area (Å²) in [5, 5.41) is 4.33. The zero-order valence-corrected chi connectivity index (χ0v) is 9.62. The third kappa shape index (κ3) is 2.93. The van der Waals surface area contributed by atoms with E-state index in [0.717, 1.165) is 23.2 Å². The topological polar surface area (TPSA) is 24.4 Å². The number of benzene rings is 1. The third-order valence-electron chi connectivity index (χ3n) is 1.89. The van der Waals surface area contributed by atoms with E-state index < -0.39 is 0 Å². The molecule has 0 bridgehead atoms. The van der Waals surface area contributed by atoms with Gasteiger partial charge in [-0.15, -0.1) is 12.4 Å². The number of rotatable bonds is 1. The predicted octanol–water partition coefficient (Wildman–Crippen LogP) is 2.93. The Hall–Kier alpha value is -0.670. The van der Waals surface area contributed by atoms with E-state index in [0.29, 0.717) is 0 Å². The van der Waals surface area contributed by atoms with Crippen molar-refractivity contribution in [1.82, 2.24) is 0 Å². The smallest absolute Gasteiger partial charge is 0.161 e. The van der Waals surface area contributed by atoms with Gasteiger partial charge in [0.05, 0.1) is 6.54 Å². The number of hydrogen-bond donors (Lipinski definition) is 1. The first kappa shape index (κ1) is 11.4. The van der Waals surface area contributed by atoms with Crippen LogP contribution in [-0.2, 0) is 0 Å². The minimum atomic E-state index is 0. The van der Waals surface area contributed by atoms with Crippen molar-refractivity contribution in [2.45, 2.75) is 6.92 Å². The van der Waals surface area contributed by atoms with E-state index in [9.17, 15) is 0 Å². The van der Waals surface area contributed by atoms with E-state index in [4.69, 9.17) is 0 Å². The van der Waals surface area contributed by atoms with E-state index in [-0.39, 0.29) is 12.4 Å². The number of aliphatic imine (C=N–C) groups is 1. The quantitative estimate of drug-likeness (QED) is 0.800. The molecule has 0 aromatic heterocycles. The van der Waals surface area contributed by atoms with Crippen LogP contribution in [0, 0.1) is 6.92 Å². The molecule has 0 fully saturated rings. The van der Waals surface area contributed by atoms with Crippen molar-refractivity contribution in [1.29, 1.82) is 0 Å². The average molecular weight is 229 g/mol. The summed E-state index contributed by atoms with van der Waals surface area (Å²) in [5.41, 5.74) is 2.41. The first-order valence-corrected chi connectivity index (χ1v) is 5.34. The van der Waals surface area contributed by atoms with Gasteiger partial charge in [0.2, 0.25) is 0 Å². The SMILES string of the molecule is Cc1ccc(NC2=NCCS2)cc1.Cl. The summed E-state index contributed by atoms with van der Waals surface area (Å²) in [4.78, 5) is 4.32. The van der Waals surface area contributed by atoms with Gasteiger partial charge in [-0.05, 0) is 19.1 Å². The maximum atomic E-state index is 4.32. The number of thioether (sulfide) groups is 1. The lowest BCUT2D eigenvalue weighted by atomic mass is 10.2. The number of nitrogens with one attached hydrogen (secondary N) is 1. The molecule has 1 aliphatic rings. The zero-order chi connectivity index (χ0) is 9.10. The average Bonchev–Trinajstić information content (AvgIpc) is 2.62. The summed E-state index contributed by atoms with van der Waals surface area (Å²) < 4.78 is 0.